The zero-order chi connectivity index (χ0) is 21.9. The lowest BCUT2D eigenvalue weighted by Crippen LogP contribution is -2.59. The Bertz CT molecular complexity index is 655. The zero-order valence-electron chi connectivity index (χ0n) is 17.2. The number of nitrogens with one attached hydrogen (secondary N) is 1. The molecule has 0 unspecified atom stereocenters. The molecule has 164 valence electrons. The Morgan fingerprint density at radius 1 is 1.03 bits per heavy atom. The second-order valence-electron chi connectivity index (χ2n) is 7.97. The van der Waals surface area contributed by atoms with Crippen LogP contribution >= 0.6 is 0 Å². The third-order valence-electron chi connectivity index (χ3n) is 5.40. The van der Waals surface area contributed by atoms with Gasteiger partial charge in [0.2, 0.25) is 11.8 Å². The van der Waals surface area contributed by atoms with Crippen molar-refractivity contribution in [2.24, 2.45) is 17.4 Å². The molecule has 0 radical (unpaired) electrons. The van der Waals surface area contributed by atoms with Crippen molar-refractivity contribution in [3.05, 3.63) is 0 Å². The van der Waals surface area contributed by atoms with Crippen LogP contribution in [0.4, 0.5) is 4.79 Å². The van der Waals surface area contributed by atoms with Gasteiger partial charge in [0.1, 0.15) is 18.1 Å². The molecule has 2 aliphatic rings. The monoisotopic (exact) mass is 412 g/mol. The topological polar surface area (TPSA) is 162 Å². The van der Waals surface area contributed by atoms with E-state index in [4.69, 9.17) is 11.5 Å². The van der Waals surface area contributed by atoms with E-state index >= 15 is 0 Å². The van der Waals surface area contributed by atoms with Crippen molar-refractivity contribution in [3.8, 4) is 0 Å². The van der Waals surface area contributed by atoms with Crippen LogP contribution in [0.1, 0.15) is 40.0 Å². The Morgan fingerprint density at radius 2 is 1.66 bits per heavy atom. The number of likely N-dealkylation sites (tertiary alicyclic amines) is 1. The molecule has 2 aliphatic heterocycles. The Morgan fingerprint density at radius 3 is 2.21 bits per heavy atom. The van der Waals surface area contributed by atoms with Crippen LogP contribution in [0, 0.1) is 5.92 Å². The standard InChI is InChI=1S/C18H32N6O5/c1-10(2)14(15(20)26)21-18(29)24-9-5-8-23(24)16(27)12-6-4-7-22(12)17(28)13(19)11(3)25/h10-14,25H,4-9,19H2,1-3H3,(H2,20,26)(H,21,29)/t11-,12+,13+,14+/m1/s1. The van der Waals surface area contributed by atoms with E-state index in [1.54, 1.807) is 13.8 Å². The summed E-state index contributed by atoms with van der Waals surface area (Å²) >= 11 is 0. The average Bonchev–Trinajstić information content (AvgIpc) is 3.32. The maximum atomic E-state index is 13.1. The number of primary amides is 1. The molecular formula is C18H32N6O5. The fourth-order valence-corrected chi connectivity index (χ4v) is 3.68. The smallest absolute Gasteiger partial charge is 0.336 e. The highest BCUT2D eigenvalue weighted by molar-refractivity contribution is 5.92. The minimum absolute atomic E-state index is 0.201. The number of hydrazine groups is 1. The van der Waals surface area contributed by atoms with Crippen molar-refractivity contribution in [1.82, 2.24) is 20.2 Å². The summed E-state index contributed by atoms with van der Waals surface area (Å²) in [6.45, 7) is 5.95. The molecule has 2 heterocycles. The van der Waals surface area contributed by atoms with Gasteiger partial charge in [0.25, 0.3) is 5.91 Å². The Labute approximate surface area is 170 Å². The molecule has 0 aromatic heterocycles. The molecule has 6 N–H and O–H groups in total. The number of aliphatic hydroxyl groups excluding tert-OH is 1. The molecule has 5 amide bonds. The van der Waals surface area contributed by atoms with Crippen molar-refractivity contribution in [1.29, 1.82) is 0 Å². The predicted molar refractivity (Wildman–Crippen MR) is 104 cm³/mol. The summed E-state index contributed by atoms with van der Waals surface area (Å²) in [6, 6.07) is -3.28. The first kappa shape index (κ1) is 22.9. The van der Waals surface area contributed by atoms with Crippen LogP contribution in [0.5, 0.6) is 0 Å². The van der Waals surface area contributed by atoms with Crippen LogP contribution in [0.15, 0.2) is 0 Å². The Kier molecular flexibility index (Phi) is 7.42. The summed E-state index contributed by atoms with van der Waals surface area (Å²) in [5.41, 5.74) is 11.1. The number of rotatable bonds is 6. The van der Waals surface area contributed by atoms with Crippen molar-refractivity contribution < 1.29 is 24.3 Å². The lowest BCUT2D eigenvalue weighted by Gasteiger charge is -2.34. The van der Waals surface area contributed by atoms with Gasteiger partial charge in [0, 0.05) is 19.6 Å². The van der Waals surface area contributed by atoms with Gasteiger partial charge >= 0.3 is 6.03 Å². The molecule has 2 rings (SSSR count). The fourth-order valence-electron chi connectivity index (χ4n) is 3.68. The van der Waals surface area contributed by atoms with E-state index in [1.807, 2.05) is 0 Å². The van der Waals surface area contributed by atoms with E-state index in [1.165, 1.54) is 21.8 Å². The van der Waals surface area contributed by atoms with Crippen LogP contribution in [0.3, 0.4) is 0 Å². The van der Waals surface area contributed by atoms with Gasteiger partial charge in [0.05, 0.1) is 6.10 Å². The number of carbonyl (C=O) groups is 4. The largest absolute Gasteiger partial charge is 0.391 e. The number of nitrogens with two attached hydrogens (primary N) is 2. The summed E-state index contributed by atoms with van der Waals surface area (Å²) < 4.78 is 0. The summed E-state index contributed by atoms with van der Waals surface area (Å²) in [4.78, 5) is 51.3. The molecule has 2 fully saturated rings. The van der Waals surface area contributed by atoms with Gasteiger partial charge < -0.3 is 26.8 Å². The first-order valence-corrected chi connectivity index (χ1v) is 9.99. The molecule has 0 bridgehead atoms. The first-order chi connectivity index (χ1) is 13.6. The number of nitrogens with zero attached hydrogens (tertiary/aromatic N) is 3. The molecule has 0 aromatic carbocycles. The number of carbonyl (C=O) groups excluding carboxylic acids is 4. The molecule has 0 spiro atoms. The number of amides is 5. The summed E-state index contributed by atoms with van der Waals surface area (Å²) in [5, 5.41) is 14.8. The van der Waals surface area contributed by atoms with E-state index in [0.29, 0.717) is 38.9 Å². The van der Waals surface area contributed by atoms with Crippen molar-refractivity contribution in [2.45, 2.75) is 64.3 Å². The van der Waals surface area contributed by atoms with Gasteiger partial charge in [0.15, 0.2) is 0 Å². The minimum atomic E-state index is -1.11. The number of aliphatic hydroxyl groups is 1. The SMILES string of the molecule is CC(C)[C@H](NC(=O)N1CCCN1C(=O)[C@@H]1CCCN1C(=O)[C@@H](N)[C@@H](C)O)C(N)=O. The van der Waals surface area contributed by atoms with E-state index < -0.39 is 42.1 Å². The molecule has 11 nitrogen and oxygen atoms in total. The zero-order valence-corrected chi connectivity index (χ0v) is 17.2. The predicted octanol–water partition coefficient (Wildman–Crippen LogP) is -1.65. The molecule has 0 aromatic rings. The van der Waals surface area contributed by atoms with E-state index in [0.717, 1.165) is 0 Å². The van der Waals surface area contributed by atoms with Crippen molar-refractivity contribution >= 4 is 23.8 Å². The van der Waals surface area contributed by atoms with Gasteiger partial charge in [-0.15, -0.1) is 0 Å². The van der Waals surface area contributed by atoms with Crippen LogP contribution in [-0.4, -0.2) is 87.6 Å². The maximum absolute atomic E-state index is 13.1. The molecular weight excluding hydrogens is 380 g/mol. The van der Waals surface area contributed by atoms with Crippen LogP contribution in [0.25, 0.3) is 0 Å². The molecule has 0 saturated carbocycles. The maximum Gasteiger partial charge on any atom is 0.336 e. The number of hydrogen-bond donors (Lipinski definition) is 4. The van der Waals surface area contributed by atoms with Gasteiger partial charge in [-0.1, -0.05) is 13.8 Å². The Balaban J connectivity index is 2.11. The van der Waals surface area contributed by atoms with Crippen molar-refractivity contribution in [2.75, 3.05) is 19.6 Å². The molecule has 4 atom stereocenters. The quantitative estimate of drug-likeness (QED) is 0.409. The van der Waals surface area contributed by atoms with E-state index in [2.05, 4.69) is 5.32 Å². The highest BCUT2D eigenvalue weighted by Crippen LogP contribution is 2.23. The van der Waals surface area contributed by atoms with Gasteiger partial charge in [-0.2, -0.15) is 0 Å². The number of hydrogen-bond acceptors (Lipinski definition) is 6. The lowest BCUT2D eigenvalue weighted by atomic mass is 10.0. The van der Waals surface area contributed by atoms with Crippen LogP contribution < -0.4 is 16.8 Å². The summed E-state index contributed by atoms with van der Waals surface area (Å²) in [6.07, 6.45) is 0.635. The Hall–Kier alpha value is -2.40. The van der Waals surface area contributed by atoms with Gasteiger partial charge in [-0.3, -0.25) is 14.4 Å². The molecule has 11 heteroatoms. The normalized spacial score (nSPS) is 22.6. The second-order valence-corrected chi connectivity index (χ2v) is 7.97. The average molecular weight is 412 g/mol. The molecule has 29 heavy (non-hydrogen) atoms. The highest BCUT2D eigenvalue weighted by atomic mass is 16.3. The molecule has 2 saturated heterocycles. The summed E-state index contributed by atoms with van der Waals surface area (Å²) in [5.74, 6) is -1.71. The molecule has 0 aliphatic carbocycles. The van der Waals surface area contributed by atoms with E-state index in [-0.39, 0.29) is 11.8 Å². The third kappa shape index (κ3) is 4.96. The van der Waals surface area contributed by atoms with Crippen LogP contribution in [-0.2, 0) is 14.4 Å². The summed E-state index contributed by atoms with van der Waals surface area (Å²) in [7, 11) is 0. The fraction of sp³-hybridized carbons (Fsp3) is 0.778. The van der Waals surface area contributed by atoms with E-state index in [9.17, 15) is 24.3 Å². The first-order valence-electron chi connectivity index (χ1n) is 9.99. The second kappa shape index (κ2) is 9.40. The lowest BCUT2D eigenvalue weighted by molar-refractivity contribution is -0.151. The van der Waals surface area contributed by atoms with Crippen molar-refractivity contribution in [3.63, 3.8) is 0 Å². The third-order valence-corrected chi connectivity index (χ3v) is 5.40. The number of urea groups is 1. The minimum Gasteiger partial charge on any atom is -0.391 e. The van der Waals surface area contributed by atoms with Crippen LogP contribution in [0.2, 0.25) is 0 Å². The van der Waals surface area contributed by atoms with Gasteiger partial charge in [-0.05, 0) is 32.1 Å². The highest BCUT2D eigenvalue weighted by Gasteiger charge is 2.42. The van der Waals surface area contributed by atoms with Gasteiger partial charge in [-0.25, -0.2) is 14.8 Å².